The topological polar surface area (TPSA) is 67.4 Å². The van der Waals surface area contributed by atoms with Gasteiger partial charge in [-0.25, -0.2) is 15.0 Å². The maximum Gasteiger partial charge on any atom is 0.218 e. The number of imidazole rings is 1. The zero-order chi connectivity index (χ0) is 9.10. The molecule has 62 valence electrons. The van der Waals surface area contributed by atoms with E-state index in [1.165, 1.54) is 6.33 Å². The Balaban J connectivity index is 2.54. The third-order valence-electron chi connectivity index (χ3n) is 1.55. The summed E-state index contributed by atoms with van der Waals surface area (Å²) in [6, 6.07) is 3.68. The van der Waals surface area contributed by atoms with E-state index in [2.05, 4.69) is 15.0 Å². The molecule has 0 saturated carbocycles. The van der Waals surface area contributed by atoms with Crippen LogP contribution in [0.5, 0.6) is 0 Å². The summed E-state index contributed by atoms with van der Waals surface area (Å²) in [7, 11) is 0. The molecular weight excluding hydrogens is 166 g/mol. The SMILES string of the molecule is N#Cc1nccn1-c1ccncn1. The molecule has 0 bridgehead atoms. The van der Waals surface area contributed by atoms with Crippen molar-refractivity contribution in [2.24, 2.45) is 0 Å². The second-order valence-corrected chi connectivity index (χ2v) is 2.30. The van der Waals surface area contributed by atoms with Crippen molar-refractivity contribution in [3.05, 3.63) is 36.8 Å². The van der Waals surface area contributed by atoms with Gasteiger partial charge in [-0.1, -0.05) is 0 Å². The Hall–Kier alpha value is -2.22. The standard InChI is InChI=1S/C8H5N5/c9-5-8-11-3-4-13(8)7-1-2-10-6-12-7/h1-4,6H. The lowest BCUT2D eigenvalue weighted by Gasteiger charge is -1.99. The summed E-state index contributed by atoms with van der Waals surface area (Å²) >= 11 is 0. The second-order valence-electron chi connectivity index (χ2n) is 2.30. The molecule has 0 aliphatic carbocycles. The van der Waals surface area contributed by atoms with Gasteiger partial charge < -0.3 is 0 Å². The fraction of sp³-hybridized carbons (Fsp3) is 0. The maximum atomic E-state index is 8.69. The molecule has 2 heterocycles. The van der Waals surface area contributed by atoms with Gasteiger partial charge in [-0.2, -0.15) is 5.26 Å². The fourth-order valence-electron chi connectivity index (χ4n) is 0.997. The quantitative estimate of drug-likeness (QED) is 0.627. The van der Waals surface area contributed by atoms with Crippen LogP contribution in [-0.4, -0.2) is 19.5 Å². The number of aromatic nitrogens is 4. The van der Waals surface area contributed by atoms with Crippen molar-refractivity contribution in [1.29, 1.82) is 5.26 Å². The molecule has 5 nitrogen and oxygen atoms in total. The van der Waals surface area contributed by atoms with E-state index in [0.717, 1.165) is 0 Å². The van der Waals surface area contributed by atoms with Crippen LogP contribution in [0.3, 0.4) is 0 Å². The molecule has 0 aliphatic heterocycles. The summed E-state index contributed by atoms with van der Waals surface area (Å²) < 4.78 is 1.60. The number of hydrogen-bond acceptors (Lipinski definition) is 4. The molecule has 0 amide bonds. The minimum atomic E-state index is 0.318. The van der Waals surface area contributed by atoms with Crippen LogP contribution in [0.25, 0.3) is 5.82 Å². The maximum absolute atomic E-state index is 8.69. The van der Waals surface area contributed by atoms with Crippen LogP contribution in [-0.2, 0) is 0 Å². The van der Waals surface area contributed by atoms with Crippen molar-refractivity contribution in [2.45, 2.75) is 0 Å². The Labute approximate surface area is 74.3 Å². The minimum Gasteiger partial charge on any atom is -0.275 e. The average Bonchev–Trinajstić information content (AvgIpc) is 2.67. The fourth-order valence-corrected chi connectivity index (χ4v) is 0.997. The van der Waals surface area contributed by atoms with Gasteiger partial charge in [0, 0.05) is 18.6 Å². The van der Waals surface area contributed by atoms with Gasteiger partial charge in [-0.15, -0.1) is 0 Å². The number of hydrogen-bond donors (Lipinski definition) is 0. The molecule has 0 radical (unpaired) electrons. The first-order valence-corrected chi connectivity index (χ1v) is 3.61. The highest BCUT2D eigenvalue weighted by atomic mass is 15.1. The lowest BCUT2D eigenvalue weighted by molar-refractivity contribution is 0.949. The molecule has 0 aliphatic rings. The normalized spacial score (nSPS) is 9.46. The third kappa shape index (κ3) is 1.25. The predicted octanol–water partition coefficient (Wildman–Crippen LogP) is 0.534. The Morgan fingerprint density at radius 1 is 1.31 bits per heavy atom. The summed E-state index contributed by atoms with van der Waals surface area (Å²) in [6.45, 7) is 0. The molecule has 0 aromatic carbocycles. The summed E-state index contributed by atoms with van der Waals surface area (Å²) in [4.78, 5) is 11.6. The van der Waals surface area contributed by atoms with E-state index in [-0.39, 0.29) is 0 Å². The Kier molecular flexibility index (Phi) is 1.73. The van der Waals surface area contributed by atoms with Crippen LogP contribution >= 0.6 is 0 Å². The number of rotatable bonds is 1. The van der Waals surface area contributed by atoms with Crippen LogP contribution < -0.4 is 0 Å². The summed E-state index contributed by atoms with van der Waals surface area (Å²) in [5, 5.41) is 8.69. The van der Waals surface area contributed by atoms with E-state index in [4.69, 9.17) is 5.26 Å². The van der Waals surface area contributed by atoms with Crippen LogP contribution in [0.1, 0.15) is 5.82 Å². The monoisotopic (exact) mass is 171 g/mol. The molecule has 0 fully saturated rings. The average molecular weight is 171 g/mol. The number of nitriles is 1. The Bertz CT molecular complexity index is 439. The van der Waals surface area contributed by atoms with Crippen molar-refractivity contribution in [3.63, 3.8) is 0 Å². The molecule has 2 aromatic rings. The van der Waals surface area contributed by atoms with Crippen LogP contribution in [0, 0.1) is 11.3 Å². The Morgan fingerprint density at radius 3 is 2.92 bits per heavy atom. The highest BCUT2D eigenvalue weighted by Crippen LogP contribution is 2.04. The van der Waals surface area contributed by atoms with Crippen LogP contribution in [0.2, 0.25) is 0 Å². The van der Waals surface area contributed by atoms with Crippen molar-refractivity contribution < 1.29 is 0 Å². The van der Waals surface area contributed by atoms with Gasteiger partial charge in [-0.05, 0) is 6.07 Å². The third-order valence-corrected chi connectivity index (χ3v) is 1.55. The van der Waals surface area contributed by atoms with E-state index in [1.807, 2.05) is 6.07 Å². The predicted molar refractivity (Wildman–Crippen MR) is 43.9 cm³/mol. The first-order chi connectivity index (χ1) is 6.42. The molecule has 2 aromatic heterocycles. The highest BCUT2D eigenvalue weighted by molar-refractivity contribution is 5.27. The molecular formula is C8H5N5. The van der Waals surface area contributed by atoms with Gasteiger partial charge >= 0.3 is 0 Å². The molecule has 2 rings (SSSR count). The Morgan fingerprint density at radius 2 is 2.23 bits per heavy atom. The van der Waals surface area contributed by atoms with E-state index in [9.17, 15) is 0 Å². The summed E-state index contributed by atoms with van der Waals surface area (Å²) in [5.74, 6) is 0.961. The van der Waals surface area contributed by atoms with Gasteiger partial charge in [0.25, 0.3) is 0 Å². The van der Waals surface area contributed by atoms with Crippen molar-refractivity contribution in [1.82, 2.24) is 19.5 Å². The lowest BCUT2D eigenvalue weighted by Crippen LogP contribution is -1.98. The minimum absolute atomic E-state index is 0.318. The molecule has 0 saturated heterocycles. The van der Waals surface area contributed by atoms with E-state index in [1.54, 1.807) is 29.2 Å². The number of nitrogens with zero attached hydrogens (tertiary/aromatic N) is 5. The zero-order valence-corrected chi connectivity index (χ0v) is 6.62. The molecule has 0 N–H and O–H groups in total. The zero-order valence-electron chi connectivity index (χ0n) is 6.62. The molecule has 13 heavy (non-hydrogen) atoms. The van der Waals surface area contributed by atoms with Gasteiger partial charge in [0.15, 0.2) is 0 Å². The largest absolute Gasteiger partial charge is 0.275 e. The summed E-state index contributed by atoms with van der Waals surface area (Å²) in [6.07, 6.45) is 6.28. The highest BCUT2D eigenvalue weighted by Gasteiger charge is 2.02. The molecule has 0 spiro atoms. The van der Waals surface area contributed by atoms with Gasteiger partial charge in [0.1, 0.15) is 18.2 Å². The van der Waals surface area contributed by atoms with Crippen LogP contribution in [0.15, 0.2) is 31.0 Å². The van der Waals surface area contributed by atoms with Gasteiger partial charge in [0.2, 0.25) is 5.82 Å². The molecule has 5 heteroatoms. The van der Waals surface area contributed by atoms with Crippen LogP contribution in [0.4, 0.5) is 0 Å². The first kappa shape index (κ1) is 7.43. The van der Waals surface area contributed by atoms with Crippen molar-refractivity contribution in [3.8, 4) is 11.9 Å². The van der Waals surface area contributed by atoms with E-state index >= 15 is 0 Å². The van der Waals surface area contributed by atoms with Crippen molar-refractivity contribution >= 4 is 0 Å². The van der Waals surface area contributed by atoms with E-state index < -0.39 is 0 Å². The van der Waals surface area contributed by atoms with Crippen molar-refractivity contribution in [2.75, 3.05) is 0 Å². The second kappa shape index (κ2) is 3.03. The molecule has 0 atom stereocenters. The van der Waals surface area contributed by atoms with Gasteiger partial charge in [0.05, 0.1) is 0 Å². The lowest BCUT2D eigenvalue weighted by atomic mass is 10.5. The van der Waals surface area contributed by atoms with E-state index in [0.29, 0.717) is 11.6 Å². The summed E-state index contributed by atoms with van der Waals surface area (Å²) in [5.41, 5.74) is 0. The smallest absolute Gasteiger partial charge is 0.218 e. The first-order valence-electron chi connectivity index (χ1n) is 3.61. The molecule has 0 unspecified atom stereocenters. The van der Waals surface area contributed by atoms with Gasteiger partial charge in [-0.3, -0.25) is 4.57 Å².